The Bertz CT molecular complexity index is 166. The Morgan fingerprint density at radius 1 is 1.67 bits per heavy atom. The summed E-state index contributed by atoms with van der Waals surface area (Å²) >= 11 is 0. The minimum absolute atomic E-state index is 0.0681. The van der Waals surface area contributed by atoms with Crippen LogP contribution in [0.3, 0.4) is 0 Å². The predicted molar refractivity (Wildman–Crippen MR) is 48.7 cm³/mol. The number of carbonyl (C=O) groups is 1. The van der Waals surface area contributed by atoms with Crippen LogP contribution in [-0.4, -0.2) is 23.5 Å². The number of aliphatic hydroxyl groups excluding tert-OH is 1. The molecule has 0 aromatic rings. The molecule has 0 aliphatic rings. The normalized spacial score (nSPS) is 16.3. The third-order valence-corrected chi connectivity index (χ3v) is 1.74. The summed E-state index contributed by atoms with van der Waals surface area (Å²) in [4.78, 5) is 11.0. The summed E-state index contributed by atoms with van der Waals surface area (Å²) < 4.78 is 0. The molecule has 3 nitrogen and oxygen atoms in total. The molecule has 0 rings (SSSR count). The lowest BCUT2D eigenvalue weighted by Crippen LogP contribution is -2.28. The van der Waals surface area contributed by atoms with Gasteiger partial charge in [-0.3, -0.25) is 4.79 Å². The van der Waals surface area contributed by atoms with Crippen molar-refractivity contribution < 1.29 is 9.90 Å². The minimum atomic E-state index is -0.296. The van der Waals surface area contributed by atoms with Gasteiger partial charge in [-0.1, -0.05) is 12.2 Å². The Kier molecular flexibility index (Phi) is 5.58. The average Bonchev–Trinajstić information content (AvgIpc) is 2.03. The fourth-order valence-electron chi connectivity index (χ4n) is 1.01. The molecule has 0 saturated heterocycles. The van der Waals surface area contributed by atoms with Crippen molar-refractivity contribution in [1.82, 2.24) is 0 Å². The summed E-state index contributed by atoms with van der Waals surface area (Å²) in [5.74, 6) is -0.0471. The third kappa shape index (κ3) is 4.26. The van der Waals surface area contributed by atoms with Crippen molar-refractivity contribution in [2.24, 2.45) is 11.7 Å². The standard InChI is InChI=1S/C9H17NO2/c1-3-4-8(7(2)12)5-9(10)6-11/h3-4,8-9,11H,5-6,10H2,1-2H3/b4-3+/t8?,9-/m1/s1. The van der Waals surface area contributed by atoms with Crippen LogP contribution in [0.25, 0.3) is 0 Å². The molecule has 0 aliphatic heterocycles. The molecule has 0 saturated carbocycles. The van der Waals surface area contributed by atoms with E-state index in [1.54, 1.807) is 0 Å². The summed E-state index contributed by atoms with van der Waals surface area (Å²) in [7, 11) is 0. The van der Waals surface area contributed by atoms with Gasteiger partial charge in [0.05, 0.1) is 6.61 Å². The van der Waals surface area contributed by atoms with Gasteiger partial charge >= 0.3 is 0 Å². The lowest BCUT2D eigenvalue weighted by atomic mass is 9.96. The number of rotatable bonds is 5. The van der Waals surface area contributed by atoms with E-state index >= 15 is 0 Å². The highest BCUT2D eigenvalue weighted by Crippen LogP contribution is 2.08. The summed E-state index contributed by atoms with van der Waals surface area (Å²) in [5, 5.41) is 8.67. The first-order chi connectivity index (χ1) is 5.61. The molecule has 0 spiro atoms. The average molecular weight is 171 g/mol. The molecule has 0 aromatic carbocycles. The van der Waals surface area contributed by atoms with Gasteiger partial charge in [-0.05, 0) is 20.3 Å². The Balaban J connectivity index is 4.04. The Morgan fingerprint density at radius 3 is 2.58 bits per heavy atom. The fourth-order valence-corrected chi connectivity index (χ4v) is 1.01. The smallest absolute Gasteiger partial charge is 0.136 e. The van der Waals surface area contributed by atoms with Gasteiger partial charge in [-0.25, -0.2) is 0 Å². The van der Waals surface area contributed by atoms with Crippen LogP contribution in [0.2, 0.25) is 0 Å². The van der Waals surface area contributed by atoms with E-state index in [0.29, 0.717) is 6.42 Å². The number of allylic oxidation sites excluding steroid dienone is 2. The number of hydrogen-bond donors (Lipinski definition) is 2. The van der Waals surface area contributed by atoms with Crippen LogP contribution < -0.4 is 5.73 Å². The van der Waals surface area contributed by atoms with E-state index in [2.05, 4.69) is 0 Å². The summed E-state index contributed by atoms with van der Waals surface area (Å²) in [6.45, 7) is 3.33. The second kappa shape index (κ2) is 5.91. The zero-order chi connectivity index (χ0) is 9.56. The number of aliphatic hydroxyl groups is 1. The Hall–Kier alpha value is -0.670. The molecule has 12 heavy (non-hydrogen) atoms. The molecule has 1 unspecified atom stereocenters. The molecule has 0 fully saturated rings. The zero-order valence-corrected chi connectivity index (χ0v) is 7.66. The van der Waals surface area contributed by atoms with E-state index in [1.165, 1.54) is 6.92 Å². The first kappa shape index (κ1) is 11.3. The quantitative estimate of drug-likeness (QED) is 0.591. The Labute approximate surface area is 73.3 Å². The van der Waals surface area contributed by atoms with Gasteiger partial charge in [0, 0.05) is 12.0 Å². The highest BCUT2D eigenvalue weighted by atomic mass is 16.3. The van der Waals surface area contributed by atoms with Crippen LogP contribution in [-0.2, 0) is 4.79 Å². The van der Waals surface area contributed by atoms with Crippen molar-refractivity contribution in [3.8, 4) is 0 Å². The molecule has 0 bridgehead atoms. The number of hydrogen-bond acceptors (Lipinski definition) is 3. The van der Waals surface area contributed by atoms with Crippen LogP contribution in [0, 0.1) is 5.92 Å². The van der Waals surface area contributed by atoms with Crippen molar-refractivity contribution >= 4 is 5.78 Å². The van der Waals surface area contributed by atoms with Crippen LogP contribution in [0.1, 0.15) is 20.3 Å². The van der Waals surface area contributed by atoms with Crippen molar-refractivity contribution in [1.29, 1.82) is 0 Å². The van der Waals surface area contributed by atoms with Crippen molar-refractivity contribution in [2.45, 2.75) is 26.3 Å². The molecule has 0 amide bonds. The maximum atomic E-state index is 11.0. The van der Waals surface area contributed by atoms with Gasteiger partial charge in [-0.15, -0.1) is 0 Å². The molecular weight excluding hydrogens is 154 g/mol. The van der Waals surface area contributed by atoms with Crippen LogP contribution in [0.4, 0.5) is 0 Å². The molecule has 3 N–H and O–H groups in total. The maximum Gasteiger partial charge on any atom is 0.136 e. The van der Waals surface area contributed by atoms with E-state index < -0.39 is 0 Å². The van der Waals surface area contributed by atoms with Crippen LogP contribution >= 0.6 is 0 Å². The Morgan fingerprint density at radius 2 is 2.25 bits per heavy atom. The lowest BCUT2D eigenvalue weighted by Gasteiger charge is -2.13. The zero-order valence-electron chi connectivity index (χ0n) is 7.66. The first-order valence-corrected chi connectivity index (χ1v) is 4.11. The lowest BCUT2D eigenvalue weighted by molar-refractivity contribution is -0.119. The van der Waals surface area contributed by atoms with E-state index in [9.17, 15) is 4.79 Å². The first-order valence-electron chi connectivity index (χ1n) is 4.11. The van der Waals surface area contributed by atoms with Gasteiger partial charge < -0.3 is 10.8 Å². The maximum absolute atomic E-state index is 11.0. The monoisotopic (exact) mass is 171 g/mol. The second-order valence-electron chi connectivity index (χ2n) is 2.92. The van der Waals surface area contributed by atoms with E-state index in [1.807, 2.05) is 19.1 Å². The van der Waals surface area contributed by atoms with Crippen molar-refractivity contribution in [2.75, 3.05) is 6.61 Å². The van der Waals surface area contributed by atoms with Gasteiger partial charge in [0.15, 0.2) is 0 Å². The molecule has 2 atom stereocenters. The van der Waals surface area contributed by atoms with Crippen LogP contribution in [0.5, 0.6) is 0 Å². The number of ketones is 1. The second-order valence-corrected chi connectivity index (χ2v) is 2.92. The number of carbonyl (C=O) groups excluding carboxylic acids is 1. The van der Waals surface area contributed by atoms with E-state index in [-0.39, 0.29) is 24.3 Å². The number of Topliss-reactive ketones (excluding diaryl/α,β-unsaturated/α-hetero) is 1. The largest absolute Gasteiger partial charge is 0.395 e. The minimum Gasteiger partial charge on any atom is -0.395 e. The van der Waals surface area contributed by atoms with E-state index in [4.69, 9.17) is 10.8 Å². The number of nitrogens with two attached hydrogens (primary N) is 1. The van der Waals surface area contributed by atoms with E-state index in [0.717, 1.165) is 0 Å². The molecule has 70 valence electrons. The molecule has 0 heterocycles. The van der Waals surface area contributed by atoms with Crippen molar-refractivity contribution in [3.05, 3.63) is 12.2 Å². The highest BCUT2D eigenvalue weighted by molar-refractivity contribution is 5.80. The fraction of sp³-hybridized carbons (Fsp3) is 0.667. The highest BCUT2D eigenvalue weighted by Gasteiger charge is 2.13. The molecule has 0 radical (unpaired) electrons. The molecule has 3 heteroatoms. The predicted octanol–water partition coefficient (Wildman–Crippen LogP) is 0.477. The summed E-state index contributed by atoms with van der Waals surface area (Å²) in [5.41, 5.74) is 5.51. The molecule has 0 aliphatic carbocycles. The van der Waals surface area contributed by atoms with Gasteiger partial charge in [0.25, 0.3) is 0 Å². The SMILES string of the molecule is C/C=C/C(C[C@@H](N)CO)C(C)=O. The molecular formula is C9H17NO2. The van der Waals surface area contributed by atoms with Gasteiger partial charge in [0.2, 0.25) is 0 Å². The molecule has 0 aromatic heterocycles. The topological polar surface area (TPSA) is 63.3 Å². The summed E-state index contributed by atoms with van der Waals surface area (Å²) in [6.07, 6.45) is 4.17. The van der Waals surface area contributed by atoms with Crippen LogP contribution in [0.15, 0.2) is 12.2 Å². The third-order valence-electron chi connectivity index (χ3n) is 1.74. The van der Waals surface area contributed by atoms with Crippen molar-refractivity contribution in [3.63, 3.8) is 0 Å². The van der Waals surface area contributed by atoms with Gasteiger partial charge in [0.1, 0.15) is 5.78 Å². The van der Waals surface area contributed by atoms with Gasteiger partial charge in [-0.2, -0.15) is 0 Å². The summed E-state index contributed by atoms with van der Waals surface area (Å²) in [6, 6.07) is -0.296.